The molecule has 32 heavy (non-hydrogen) atoms. The summed E-state index contributed by atoms with van der Waals surface area (Å²) >= 11 is 0. The second kappa shape index (κ2) is 11.1. The van der Waals surface area contributed by atoms with Crippen molar-refractivity contribution in [2.24, 2.45) is 5.92 Å². The van der Waals surface area contributed by atoms with E-state index in [1.54, 1.807) is 24.3 Å². The number of anilines is 1. The number of hydrogen-bond acceptors (Lipinski definition) is 4. The van der Waals surface area contributed by atoms with Crippen LogP contribution in [0.2, 0.25) is 0 Å². The fraction of sp³-hybridized carbons (Fsp3) is 0.391. The number of nitrogens with one attached hydrogen (secondary N) is 3. The highest BCUT2D eigenvalue weighted by Gasteiger charge is 2.20. The highest BCUT2D eigenvalue weighted by Crippen LogP contribution is 2.23. The Morgan fingerprint density at radius 3 is 2.16 bits per heavy atom. The minimum Gasteiger partial charge on any atom is -0.354 e. The van der Waals surface area contributed by atoms with Crippen molar-refractivity contribution in [1.82, 2.24) is 10.6 Å². The second-order valence-electron chi connectivity index (χ2n) is 7.91. The Hall–Kier alpha value is -2.94. The molecule has 3 rings (SSSR count). The molecule has 0 aromatic heterocycles. The lowest BCUT2D eigenvalue weighted by molar-refractivity contribution is -0.126. The Morgan fingerprint density at radius 2 is 1.50 bits per heavy atom. The molecule has 0 unspecified atom stereocenters. The quantitative estimate of drug-likeness (QED) is 0.500. The second-order valence-corrected chi connectivity index (χ2v) is 9.59. The Labute approximate surface area is 187 Å². The molecule has 0 atom stereocenters. The molecule has 1 saturated carbocycles. The highest BCUT2D eigenvalue weighted by molar-refractivity contribution is 7.92. The first-order valence-corrected chi connectivity index (χ1v) is 12.2. The number of sulfonamides is 1. The number of carbonyl (C=O) groups excluding carboxylic acids is 2. The number of hydrogen-bond donors (Lipinski definition) is 3. The van der Waals surface area contributed by atoms with E-state index >= 15 is 0 Å². The van der Waals surface area contributed by atoms with E-state index in [0.29, 0.717) is 18.8 Å². The Bertz CT molecular complexity index is 1020. The van der Waals surface area contributed by atoms with Crippen LogP contribution in [0.3, 0.4) is 0 Å². The van der Waals surface area contributed by atoms with Crippen LogP contribution < -0.4 is 15.4 Å². The van der Waals surface area contributed by atoms with Gasteiger partial charge in [0.25, 0.3) is 10.0 Å². The van der Waals surface area contributed by atoms with Gasteiger partial charge in [0.1, 0.15) is 5.82 Å². The van der Waals surface area contributed by atoms with Crippen molar-refractivity contribution in [2.75, 3.05) is 17.8 Å². The van der Waals surface area contributed by atoms with Crippen molar-refractivity contribution in [3.63, 3.8) is 0 Å². The van der Waals surface area contributed by atoms with Gasteiger partial charge in [-0.1, -0.05) is 31.4 Å². The standard InChI is InChI=1S/C23H28FN3O4S/c24-19-8-12-21(13-9-19)32(30,31)27-20-10-6-17(7-11-20)16-22(28)25-14-15-26-23(29)18-4-2-1-3-5-18/h6-13,18,27H,1-5,14-16H2,(H,25,28)(H,26,29). The molecular formula is C23H28FN3O4S. The lowest BCUT2D eigenvalue weighted by Crippen LogP contribution is -2.38. The van der Waals surface area contributed by atoms with Crippen molar-refractivity contribution in [3.8, 4) is 0 Å². The Balaban J connectivity index is 1.41. The number of halogens is 1. The molecule has 1 fully saturated rings. The van der Waals surface area contributed by atoms with Crippen LogP contribution in [0.25, 0.3) is 0 Å². The van der Waals surface area contributed by atoms with Crippen LogP contribution in [0.4, 0.5) is 10.1 Å². The lowest BCUT2D eigenvalue weighted by Gasteiger charge is -2.20. The van der Waals surface area contributed by atoms with Crippen molar-refractivity contribution >= 4 is 27.5 Å². The molecule has 0 heterocycles. The molecule has 2 aromatic carbocycles. The average molecular weight is 462 g/mol. The van der Waals surface area contributed by atoms with Crippen molar-refractivity contribution in [2.45, 2.75) is 43.4 Å². The molecule has 0 radical (unpaired) electrons. The minimum absolute atomic E-state index is 0.0436. The molecule has 0 aliphatic heterocycles. The molecule has 1 aliphatic carbocycles. The van der Waals surface area contributed by atoms with E-state index < -0.39 is 15.8 Å². The third-order valence-corrected chi connectivity index (χ3v) is 6.81. The number of benzene rings is 2. The molecule has 1 aliphatic rings. The van der Waals surface area contributed by atoms with E-state index in [0.717, 1.165) is 43.4 Å². The van der Waals surface area contributed by atoms with E-state index in [9.17, 15) is 22.4 Å². The molecule has 9 heteroatoms. The molecule has 172 valence electrons. The van der Waals surface area contributed by atoms with Gasteiger partial charge in [0.05, 0.1) is 11.3 Å². The predicted molar refractivity (Wildman–Crippen MR) is 120 cm³/mol. The van der Waals surface area contributed by atoms with Gasteiger partial charge >= 0.3 is 0 Å². The molecule has 7 nitrogen and oxygen atoms in total. The summed E-state index contributed by atoms with van der Waals surface area (Å²) in [4.78, 5) is 24.2. The normalized spacial score (nSPS) is 14.5. The van der Waals surface area contributed by atoms with E-state index in [1.165, 1.54) is 18.6 Å². The molecule has 3 N–H and O–H groups in total. The summed E-state index contributed by atoms with van der Waals surface area (Å²) in [7, 11) is -3.83. The molecule has 0 bridgehead atoms. The minimum atomic E-state index is -3.83. The summed E-state index contributed by atoms with van der Waals surface area (Å²) in [6.07, 6.45) is 5.41. The van der Waals surface area contributed by atoms with Gasteiger partial charge in [0, 0.05) is 24.7 Å². The maximum absolute atomic E-state index is 13.0. The summed E-state index contributed by atoms with van der Waals surface area (Å²) in [5, 5.41) is 5.65. The third-order valence-electron chi connectivity index (χ3n) is 5.42. The highest BCUT2D eigenvalue weighted by atomic mass is 32.2. The van der Waals surface area contributed by atoms with Crippen LogP contribution >= 0.6 is 0 Å². The van der Waals surface area contributed by atoms with Crippen molar-refractivity contribution in [1.29, 1.82) is 0 Å². The SMILES string of the molecule is O=C(Cc1ccc(NS(=O)(=O)c2ccc(F)cc2)cc1)NCCNC(=O)C1CCCCC1. The first-order valence-electron chi connectivity index (χ1n) is 10.8. The molecule has 0 spiro atoms. The number of amides is 2. The van der Waals surface area contributed by atoms with E-state index in [4.69, 9.17) is 0 Å². The fourth-order valence-corrected chi connectivity index (χ4v) is 4.72. The van der Waals surface area contributed by atoms with Crippen molar-refractivity contribution < 1.29 is 22.4 Å². The zero-order chi connectivity index (χ0) is 23.0. The van der Waals surface area contributed by atoms with Gasteiger partial charge in [-0.15, -0.1) is 0 Å². The summed E-state index contributed by atoms with van der Waals surface area (Å²) in [6, 6.07) is 11.0. The van der Waals surface area contributed by atoms with Gasteiger partial charge in [-0.3, -0.25) is 14.3 Å². The van der Waals surface area contributed by atoms with Crippen molar-refractivity contribution in [3.05, 3.63) is 59.9 Å². The van der Waals surface area contributed by atoms with Gasteiger partial charge in [-0.05, 0) is 54.8 Å². The first-order chi connectivity index (χ1) is 15.3. The van der Waals surface area contributed by atoms with Crippen LogP contribution in [0, 0.1) is 11.7 Å². The molecule has 2 aromatic rings. The Morgan fingerprint density at radius 1 is 0.875 bits per heavy atom. The molecular weight excluding hydrogens is 433 g/mol. The maximum atomic E-state index is 13.0. The summed E-state index contributed by atoms with van der Waals surface area (Å²) in [5.41, 5.74) is 1.06. The van der Waals surface area contributed by atoms with Crippen LogP contribution in [0.15, 0.2) is 53.4 Å². The smallest absolute Gasteiger partial charge is 0.261 e. The zero-order valence-electron chi connectivity index (χ0n) is 17.8. The van der Waals surface area contributed by atoms with Crippen LogP contribution in [0.5, 0.6) is 0 Å². The zero-order valence-corrected chi connectivity index (χ0v) is 18.6. The van der Waals surface area contributed by atoms with Crippen LogP contribution in [-0.4, -0.2) is 33.3 Å². The molecule has 2 amide bonds. The van der Waals surface area contributed by atoms with Gasteiger partial charge in [-0.2, -0.15) is 0 Å². The summed E-state index contributed by atoms with van der Waals surface area (Å²) in [6.45, 7) is 0.748. The topological polar surface area (TPSA) is 104 Å². The largest absolute Gasteiger partial charge is 0.354 e. The van der Waals surface area contributed by atoms with Gasteiger partial charge in [-0.25, -0.2) is 12.8 Å². The van der Waals surface area contributed by atoms with Crippen LogP contribution in [0.1, 0.15) is 37.7 Å². The van der Waals surface area contributed by atoms with E-state index in [2.05, 4.69) is 15.4 Å². The number of carbonyl (C=O) groups is 2. The van der Waals surface area contributed by atoms with E-state index in [1.807, 2.05) is 0 Å². The average Bonchev–Trinajstić information content (AvgIpc) is 2.78. The van der Waals surface area contributed by atoms with Gasteiger partial charge in [0.15, 0.2) is 0 Å². The summed E-state index contributed by atoms with van der Waals surface area (Å²) in [5.74, 6) is -0.536. The van der Waals surface area contributed by atoms with Crippen LogP contribution in [-0.2, 0) is 26.0 Å². The van der Waals surface area contributed by atoms with E-state index in [-0.39, 0.29) is 29.0 Å². The Kier molecular flexibility index (Phi) is 8.21. The maximum Gasteiger partial charge on any atom is 0.261 e. The monoisotopic (exact) mass is 461 g/mol. The molecule has 0 saturated heterocycles. The first kappa shape index (κ1) is 23.7. The third kappa shape index (κ3) is 7.05. The fourth-order valence-electron chi connectivity index (χ4n) is 3.66. The number of rotatable bonds is 9. The summed E-state index contributed by atoms with van der Waals surface area (Å²) < 4.78 is 40.1. The van der Waals surface area contributed by atoms with Gasteiger partial charge in [0.2, 0.25) is 11.8 Å². The van der Waals surface area contributed by atoms with Gasteiger partial charge < -0.3 is 10.6 Å². The lowest BCUT2D eigenvalue weighted by atomic mass is 9.89. The predicted octanol–water partition coefficient (Wildman–Crippen LogP) is 2.98.